The van der Waals surface area contributed by atoms with Crippen LogP contribution in [-0.2, 0) is 6.54 Å². The molecule has 0 spiro atoms. The summed E-state index contributed by atoms with van der Waals surface area (Å²) in [6.07, 6.45) is 4.49. The van der Waals surface area contributed by atoms with Crippen LogP contribution < -0.4 is 0 Å². The minimum atomic E-state index is -0.209. The first kappa shape index (κ1) is 8.20. The van der Waals surface area contributed by atoms with Crippen molar-refractivity contribution in [1.29, 1.82) is 0 Å². The first-order valence-electron chi connectivity index (χ1n) is 3.83. The van der Waals surface area contributed by atoms with E-state index in [9.17, 15) is 5.11 Å². The maximum absolute atomic E-state index is 9.20. The Kier molecular flexibility index (Phi) is 3.04. The molecule has 1 atom stereocenters. The molecule has 1 heterocycles. The van der Waals surface area contributed by atoms with Crippen molar-refractivity contribution in [2.75, 3.05) is 0 Å². The van der Waals surface area contributed by atoms with Gasteiger partial charge in [-0.1, -0.05) is 6.92 Å². The summed E-state index contributed by atoms with van der Waals surface area (Å²) in [6.45, 7) is 2.71. The van der Waals surface area contributed by atoms with E-state index in [1.54, 1.807) is 11.0 Å². The lowest BCUT2D eigenvalue weighted by Gasteiger charge is -2.05. The third kappa shape index (κ3) is 2.67. The highest BCUT2D eigenvalue weighted by Crippen LogP contribution is 1.97. The first-order valence-corrected chi connectivity index (χ1v) is 3.83. The van der Waals surface area contributed by atoms with Crippen molar-refractivity contribution in [3.05, 3.63) is 12.7 Å². The van der Waals surface area contributed by atoms with Gasteiger partial charge in [0.15, 0.2) is 0 Å². The number of aromatic nitrogens is 3. The van der Waals surface area contributed by atoms with Gasteiger partial charge >= 0.3 is 0 Å². The Hall–Kier alpha value is -0.900. The second-order valence-electron chi connectivity index (χ2n) is 2.51. The molecule has 0 aliphatic rings. The maximum Gasteiger partial charge on any atom is 0.137 e. The third-order valence-electron chi connectivity index (χ3n) is 1.63. The molecule has 0 saturated heterocycles. The van der Waals surface area contributed by atoms with Crippen molar-refractivity contribution < 1.29 is 5.11 Å². The molecule has 1 unspecified atom stereocenters. The molecular formula is C7H13N3O. The highest BCUT2D eigenvalue weighted by atomic mass is 16.3. The van der Waals surface area contributed by atoms with Crippen LogP contribution in [0.3, 0.4) is 0 Å². The zero-order chi connectivity index (χ0) is 8.10. The summed E-state index contributed by atoms with van der Waals surface area (Å²) >= 11 is 0. The summed E-state index contributed by atoms with van der Waals surface area (Å²) in [5, 5.41) is 13.1. The van der Waals surface area contributed by atoms with Gasteiger partial charge in [0.05, 0.1) is 6.10 Å². The van der Waals surface area contributed by atoms with Crippen LogP contribution in [0.5, 0.6) is 0 Å². The number of nitrogens with zero attached hydrogens (tertiary/aromatic N) is 3. The molecule has 0 aliphatic heterocycles. The molecule has 62 valence electrons. The van der Waals surface area contributed by atoms with Crippen LogP contribution >= 0.6 is 0 Å². The predicted molar refractivity (Wildman–Crippen MR) is 40.9 cm³/mol. The van der Waals surface area contributed by atoms with Crippen LogP contribution in [0.2, 0.25) is 0 Å². The second kappa shape index (κ2) is 4.08. The number of aliphatic hydroxyl groups excluding tert-OH is 1. The van der Waals surface area contributed by atoms with Crippen LogP contribution in [0.1, 0.15) is 19.8 Å². The highest BCUT2D eigenvalue weighted by molar-refractivity contribution is 4.58. The van der Waals surface area contributed by atoms with Crippen LogP contribution in [0.25, 0.3) is 0 Å². The van der Waals surface area contributed by atoms with E-state index >= 15 is 0 Å². The van der Waals surface area contributed by atoms with E-state index in [1.807, 2.05) is 6.92 Å². The summed E-state index contributed by atoms with van der Waals surface area (Å²) in [5.74, 6) is 0. The van der Waals surface area contributed by atoms with Crippen molar-refractivity contribution in [3.63, 3.8) is 0 Å². The lowest BCUT2D eigenvalue weighted by Crippen LogP contribution is -2.09. The minimum Gasteiger partial charge on any atom is -0.393 e. The Morgan fingerprint density at radius 3 is 3.00 bits per heavy atom. The highest BCUT2D eigenvalue weighted by Gasteiger charge is 2.00. The average Bonchev–Trinajstić information content (AvgIpc) is 2.52. The van der Waals surface area contributed by atoms with Gasteiger partial charge in [-0.05, 0) is 12.8 Å². The van der Waals surface area contributed by atoms with Gasteiger partial charge in [0.25, 0.3) is 0 Å². The van der Waals surface area contributed by atoms with Crippen molar-refractivity contribution in [1.82, 2.24) is 14.8 Å². The molecule has 11 heavy (non-hydrogen) atoms. The van der Waals surface area contributed by atoms with E-state index in [1.165, 1.54) is 6.33 Å². The van der Waals surface area contributed by atoms with Gasteiger partial charge < -0.3 is 5.11 Å². The van der Waals surface area contributed by atoms with Crippen LogP contribution in [0.4, 0.5) is 0 Å². The van der Waals surface area contributed by atoms with Crippen molar-refractivity contribution in [2.45, 2.75) is 32.4 Å². The van der Waals surface area contributed by atoms with E-state index in [4.69, 9.17) is 0 Å². The van der Waals surface area contributed by atoms with Gasteiger partial charge in [-0.15, -0.1) is 0 Å². The Morgan fingerprint density at radius 1 is 1.64 bits per heavy atom. The van der Waals surface area contributed by atoms with Crippen LogP contribution in [0, 0.1) is 0 Å². The van der Waals surface area contributed by atoms with Crippen LogP contribution in [0.15, 0.2) is 12.7 Å². The third-order valence-corrected chi connectivity index (χ3v) is 1.63. The van der Waals surface area contributed by atoms with Crippen LogP contribution in [-0.4, -0.2) is 26.0 Å². The fourth-order valence-corrected chi connectivity index (χ4v) is 0.834. The minimum absolute atomic E-state index is 0.209. The largest absolute Gasteiger partial charge is 0.393 e. The van der Waals surface area contributed by atoms with E-state index in [0.29, 0.717) is 0 Å². The quantitative estimate of drug-likeness (QED) is 0.686. The SMILES string of the molecule is CCC(O)CCn1cncn1. The topological polar surface area (TPSA) is 50.9 Å². The zero-order valence-corrected chi connectivity index (χ0v) is 6.64. The van der Waals surface area contributed by atoms with E-state index in [-0.39, 0.29) is 6.10 Å². The number of aryl methyl sites for hydroxylation is 1. The molecule has 0 fully saturated rings. The van der Waals surface area contributed by atoms with Gasteiger partial charge in [-0.3, -0.25) is 4.68 Å². The lowest BCUT2D eigenvalue weighted by molar-refractivity contribution is 0.153. The molecule has 0 radical (unpaired) electrons. The molecule has 4 nitrogen and oxygen atoms in total. The monoisotopic (exact) mass is 155 g/mol. The number of rotatable bonds is 4. The summed E-state index contributed by atoms with van der Waals surface area (Å²) in [5.41, 5.74) is 0. The first-order chi connectivity index (χ1) is 5.33. The fourth-order valence-electron chi connectivity index (χ4n) is 0.834. The molecule has 1 aromatic rings. The number of aliphatic hydroxyl groups is 1. The molecule has 1 aromatic heterocycles. The maximum atomic E-state index is 9.20. The number of hydrogen-bond acceptors (Lipinski definition) is 3. The molecule has 0 aromatic carbocycles. The molecule has 1 N–H and O–H groups in total. The summed E-state index contributed by atoms with van der Waals surface area (Å²) in [6, 6.07) is 0. The van der Waals surface area contributed by atoms with Crippen molar-refractivity contribution in [3.8, 4) is 0 Å². The van der Waals surface area contributed by atoms with E-state index in [2.05, 4.69) is 10.1 Å². The molecule has 0 saturated carbocycles. The Balaban J connectivity index is 2.23. The zero-order valence-electron chi connectivity index (χ0n) is 6.64. The standard InChI is InChI=1S/C7H13N3O/c1-2-7(11)3-4-10-6-8-5-9-10/h5-7,11H,2-4H2,1H3. The molecule has 1 rings (SSSR count). The Bertz CT molecular complexity index is 186. The van der Waals surface area contributed by atoms with Gasteiger partial charge in [0.1, 0.15) is 12.7 Å². The van der Waals surface area contributed by atoms with E-state index < -0.39 is 0 Å². The molecule has 4 heteroatoms. The van der Waals surface area contributed by atoms with Gasteiger partial charge in [0, 0.05) is 6.54 Å². The summed E-state index contributed by atoms with van der Waals surface area (Å²) < 4.78 is 1.72. The van der Waals surface area contributed by atoms with Crippen molar-refractivity contribution in [2.24, 2.45) is 0 Å². The van der Waals surface area contributed by atoms with Crippen molar-refractivity contribution >= 4 is 0 Å². The number of hydrogen-bond donors (Lipinski definition) is 1. The van der Waals surface area contributed by atoms with E-state index in [0.717, 1.165) is 19.4 Å². The summed E-state index contributed by atoms with van der Waals surface area (Å²) in [4.78, 5) is 3.80. The Morgan fingerprint density at radius 2 is 2.45 bits per heavy atom. The van der Waals surface area contributed by atoms with Gasteiger partial charge in [-0.2, -0.15) is 5.10 Å². The normalized spacial score (nSPS) is 13.3. The fraction of sp³-hybridized carbons (Fsp3) is 0.714. The second-order valence-corrected chi connectivity index (χ2v) is 2.51. The molecular weight excluding hydrogens is 142 g/mol. The molecule has 0 amide bonds. The Labute approximate surface area is 65.9 Å². The predicted octanol–water partition coefficient (Wildman–Crippen LogP) is 0.439. The smallest absolute Gasteiger partial charge is 0.137 e. The summed E-state index contributed by atoms with van der Waals surface area (Å²) in [7, 11) is 0. The van der Waals surface area contributed by atoms with Gasteiger partial charge in [0.2, 0.25) is 0 Å². The lowest BCUT2D eigenvalue weighted by atomic mass is 10.2. The molecule has 0 aliphatic carbocycles. The average molecular weight is 155 g/mol. The van der Waals surface area contributed by atoms with Gasteiger partial charge in [-0.25, -0.2) is 4.98 Å². The molecule has 0 bridgehead atoms.